The molecule has 116 valence electrons. The van der Waals surface area contributed by atoms with Crippen LogP contribution in [-0.4, -0.2) is 17.7 Å². The molecule has 1 aliphatic heterocycles. The minimum absolute atomic E-state index is 0.157. The topological polar surface area (TPSA) is 29.5 Å². The van der Waals surface area contributed by atoms with Crippen LogP contribution < -0.4 is 4.90 Å². The Kier molecular flexibility index (Phi) is 4.89. The maximum Gasteiger partial charge on any atom is 0.415 e. The van der Waals surface area contributed by atoms with E-state index in [0.717, 1.165) is 35.0 Å². The van der Waals surface area contributed by atoms with Gasteiger partial charge in [-0.3, -0.25) is 4.90 Å². The van der Waals surface area contributed by atoms with Gasteiger partial charge in [0.1, 0.15) is 5.60 Å². The molecule has 1 heterocycles. The molecule has 0 spiro atoms. The van der Waals surface area contributed by atoms with Crippen molar-refractivity contribution >= 4 is 39.3 Å². The minimum Gasteiger partial charge on any atom is -0.443 e. The van der Waals surface area contributed by atoms with E-state index in [1.165, 1.54) is 0 Å². The third-order valence-electron chi connectivity index (χ3n) is 3.52. The number of carbonyl (C=O) groups excluding carboxylic acids is 1. The van der Waals surface area contributed by atoms with Crippen molar-refractivity contribution in [1.29, 1.82) is 0 Å². The second-order valence-corrected chi connectivity index (χ2v) is 7.64. The summed E-state index contributed by atoms with van der Waals surface area (Å²) in [5.41, 5.74) is 1.47. The van der Waals surface area contributed by atoms with Crippen LogP contribution in [0.3, 0.4) is 0 Å². The van der Waals surface area contributed by atoms with E-state index in [0.29, 0.717) is 5.02 Å². The molecule has 5 heteroatoms. The standard InChI is InChI=1S/C16H21BrClNO2/c1-5-12-7-6-10-8-11(18)9-13(17)14(10)19(12)15(20)21-16(2,3)4/h8-9,12H,5-7H2,1-4H3. The SMILES string of the molecule is CCC1CCc2cc(Cl)cc(Br)c2N1C(=O)OC(C)(C)C. The van der Waals surface area contributed by atoms with Gasteiger partial charge in [0.15, 0.2) is 0 Å². The maximum atomic E-state index is 12.6. The van der Waals surface area contributed by atoms with Crippen molar-refractivity contribution in [2.75, 3.05) is 4.90 Å². The van der Waals surface area contributed by atoms with Gasteiger partial charge in [-0.15, -0.1) is 0 Å². The average molecular weight is 375 g/mol. The Balaban J connectivity index is 2.45. The Morgan fingerprint density at radius 3 is 2.71 bits per heavy atom. The van der Waals surface area contributed by atoms with Crippen LogP contribution in [0.4, 0.5) is 10.5 Å². The van der Waals surface area contributed by atoms with Gasteiger partial charge in [0, 0.05) is 15.5 Å². The number of hydrogen-bond acceptors (Lipinski definition) is 2. The van der Waals surface area contributed by atoms with Crippen LogP contribution in [0.1, 0.15) is 46.1 Å². The summed E-state index contributed by atoms with van der Waals surface area (Å²) in [5, 5.41) is 0.680. The van der Waals surface area contributed by atoms with E-state index >= 15 is 0 Å². The second kappa shape index (κ2) is 6.17. The van der Waals surface area contributed by atoms with Gasteiger partial charge >= 0.3 is 6.09 Å². The highest BCUT2D eigenvalue weighted by atomic mass is 79.9. The van der Waals surface area contributed by atoms with Crippen molar-refractivity contribution in [1.82, 2.24) is 0 Å². The lowest BCUT2D eigenvalue weighted by atomic mass is 9.94. The number of amides is 1. The van der Waals surface area contributed by atoms with Gasteiger partial charge in [-0.25, -0.2) is 4.79 Å². The Bertz CT molecular complexity index is 554. The van der Waals surface area contributed by atoms with Gasteiger partial charge in [0.05, 0.1) is 5.69 Å². The Hall–Kier alpha value is -0.740. The number of rotatable bonds is 1. The van der Waals surface area contributed by atoms with Crippen molar-refractivity contribution in [2.24, 2.45) is 0 Å². The van der Waals surface area contributed by atoms with Crippen LogP contribution in [0.2, 0.25) is 5.02 Å². The number of halogens is 2. The van der Waals surface area contributed by atoms with Crippen LogP contribution in [0.25, 0.3) is 0 Å². The van der Waals surface area contributed by atoms with E-state index in [9.17, 15) is 4.79 Å². The first-order chi connectivity index (χ1) is 9.73. The quantitative estimate of drug-likeness (QED) is 0.643. The Labute approximate surface area is 139 Å². The van der Waals surface area contributed by atoms with Crippen LogP contribution in [0.15, 0.2) is 16.6 Å². The summed E-state index contributed by atoms with van der Waals surface area (Å²) < 4.78 is 6.43. The monoisotopic (exact) mass is 373 g/mol. The molecule has 1 aromatic rings. The van der Waals surface area contributed by atoms with Crippen LogP contribution in [0.5, 0.6) is 0 Å². The molecule has 21 heavy (non-hydrogen) atoms. The zero-order chi connectivity index (χ0) is 15.8. The second-order valence-electron chi connectivity index (χ2n) is 6.35. The van der Waals surface area contributed by atoms with E-state index in [4.69, 9.17) is 16.3 Å². The molecule has 2 rings (SSSR count). The molecule has 0 fully saturated rings. The summed E-state index contributed by atoms with van der Waals surface area (Å²) >= 11 is 9.67. The van der Waals surface area contributed by atoms with Gasteiger partial charge in [-0.2, -0.15) is 0 Å². The summed E-state index contributed by atoms with van der Waals surface area (Å²) in [7, 11) is 0. The van der Waals surface area contributed by atoms with Crippen molar-refractivity contribution in [3.8, 4) is 0 Å². The fourth-order valence-corrected chi connectivity index (χ4v) is 3.72. The number of aryl methyl sites for hydroxylation is 1. The van der Waals surface area contributed by atoms with Crippen molar-refractivity contribution < 1.29 is 9.53 Å². The molecule has 1 amide bonds. The van der Waals surface area contributed by atoms with Gasteiger partial charge < -0.3 is 4.74 Å². The highest BCUT2D eigenvalue weighted by Crippen LogP contribution is 2.40. The largest absolute Gasteiger partial charge is 0.443 e. The van der Waals surface area contributed by atoms with E-state index in [1.54, 1.807) is 4.90 Å². The molecule has 0 aliphatic carbocycles. The fourth-order valence-electron chi connectivity index (χ4n) is 2.65. The first-order valence-electron chi connectivity index (χ1n) is 7.23. The molecule has 1 atom stereocenters. The molecule has 1 unspecified atom stereocenters. The van der Waals surface area contributed by atoms with E-state index in [1.807, 2.05) is 32.9 Å². The van der Waals surface area contributed by atoms with E-state index < -0.39 is 5.60 Å². The summed E-state index contributed by atoms with van der Waals surface area (Å²) in [5.74, 6) is 0. The van der Waals surface area contributed by atoms with E-state index in [2.05, 4.69) is 22.9 Å². The Morgan fingerprint density at radius 2 is 2.14 bits per heavy atom. The Morgan fingerprint density at radius 1 is 1.48 bits per heavy atom. The normalized spacial score (nSPS) is 18.4. The molecule has 3 nitrogen and oxygen atoms in total. The lowest BCUT2D eigenvalue weighted by Gasteiger charge is -2.38. The predicted octanol–water partition coefficient (Wildman–Crippen LogP) is 5.57. The number of ether oxygens (including phenoxy) is 1. The summed E-state index contributed by atoms with van der Waals surface area (Å²) in [6, 6.07) is 3.92. The molecular weight excluding hydrogens is 354 g/mol. The first-order valence-corrected chi connectivity index (χ1v) is 8.40. The molecule has 0 N–H and O–H groups in total. The molecule has 1 aliphatic rings. The van der Waals surface area contributed by atoms with Gasteiger partial charge in [0.25, 0.3) is 0 Å². The number of benzene rings is 1. The number of fused-ring (bicyclic) bond motifs is 1. The molecule has 1 aromatic carbocycles. The minimum atomic E-state index is -0.508. The zero-order valence-electron chi connectivity index (χ0n) is 12.9. The van der Waals surface area contributed by atoms with Gasteiger partial charge in [0.2, 0.25) is 0 Å². The molecule has 0 radical (unpaired) electrons. The van der Waals surface area contributed by atoms with Crippen molar-refractivity contribution in [3.63, 3.8) is 0 Å². The number of carbonyl (C=O) groups is 1. The number of nitrogens with zero attached hydrogens (tertiary/aromatic N) is 1. The summed E-state index contributed by atoms with van der Waals surface area (Å²) in [6.45, 7) is 7.74. The van der Waals surface area contributed by atoms with Crippen molar-refractivity contribution in [3.05, 3.63) is 27.2 Å². The lowest BCUT2D eigenvalue weighted by Crippen LogP contribution is -2.46. The van der Waals surface area contributed by atoms with E-state index in [-0.39, 0.29) is 12.1 Å². The highest BCUT2D eigenvalue weighted by Gasteiger charge is 2.34. The fraction of sp³-hybridized carbons (Fsp3) is 0.562. The molecule has 0 bridgehead atoms. The smallest absolute Gasteiger partial charge is 0.415 e. The predicted molar refractivity (Wildman–Crippen MR) is 90.3 cm³/mol. The number of hydrogen-bond donors (Lipinski definition) is 0. The third-order valence-corrected chi connectivity index (χ3v) is 4.34. The average Bonchev–Trinajstić information content (AvgIpc) is 2.35. The van der Waals surface area contributed by atoms with Crippen LogP contribution in [-0.2, 0) is 11.2 Å². The third kappa shape index (κ3) is 3.72. The van der Waals surface area contributed by atoms with Gasteiger partial charge in [-0.1, -0.05) is 18.5 Å². The first kappa shape index (κ1) is 16.6. The van der Waals surface area contributed by atoms with Crippen LogP contribution in [0, 0.1) is 0 Å². The zero-order valence-corrected chi connectivity index (χ0v) is 15.2. The maximum absolute atomic E-state index is 12.6. The molecule has 0 saturated carbocycles. The lowest BCUT2D eigenvalue weighted by molar-refractivity contribution is 0.0559. The highest BCUT2D eigenvalue weighted by molar-refractivity contribution is 9.10. The molecular formula is C16H21BrClNO2. The summed E-state index contributed by atoms with van der Waals surface area (Å²) in [4.78, 5) is 14.4. The molecule has 0 saturated heterocycles. The van der Waals surface area contributed by atoms with Crippen molar-refractivity contribution in [2.45, 2.75) is 58.6 Å². The number of anilines is 1. The summed E-state index contributed by atoms with van der Waals surface area (Å²) in [6.07, 6.45) is 2.45. The van der Waals surface area contributed by atoms with Crippen LogP contribution >= 0.6 is 27.5 Å². The molecule has 0 aromatic heterocycles. The van der Waals surface area contributed by atoms with Gasteiger partial charge in [-0.05, 0) is 73.7 Å².